The minimum absolute atomic E-state index is 0.0370. The molecule has 0 saturated heterocycles. The Labute approximate surface area is 175 Å². The minimum Gasteiger partial charge on any atom is -0.493 e. The molecule has 1 unspecified atom stereocenters. The molecule has 1 atom stereocenters. The van der Waals surface area contributed by atoms with Gasteiger partial charge in [-0.15, -0.1) is 0 Å². The van der Waals surface area contributed by atoms with Crippen LogP contribution < -0.4 is 14.2 Å². The number of rotatable bonds is 9. The standard InChI is InChI=1S/C22H28BrNO4/c1-6-11-24(15(2)17-9-7-8-10-18(17)23)21(25)14-16-12-19(26-3)22(28-5)20(13-16)27-4/h7-10,12-13,15H,6,11,14H2,1-5H3. The highest BCUT2D eigenvalue weighted by atomic mass is 79.9. The number of hydrogen-bond donors (Lipinski definition) is 0. The van der Waals surface area contributed by atoms with Crippen LogP contribution in [0.2, 0.25) is 0 Å². The van der Waals surface area contributed by atoms with Crippen LogP contribution in [0.5, 0.6) is 17.2 Å². The van der Waals surface area contributed by atoms with E-state index in [1.165, 1.54) is 0 Å². The van der Waals surface area contributed by atoms with E-state index in [2.05, 4.69) is 29.8 Å². The van der Waals surface area contributed by atoms with Crippen LogP contribution >= 0.6 is 15.9 Å². The Hall–Kier alpha value is -2.21. The van der Waals surface area contributed by atoms with Crippen molar-refractivity contribution in [1.82, 2.24) is 4.90 Å². The predicted octanol–water partition coefficient (Wildman–Crippen LogP) is 5.02. The summed E-state index contributed by atoms with van der Waals surface area (Å²) in [6.07, 6.45) is 1.14. The zero-order valence-electron chi connectivity index (χ0n) is 17.1. The number of hydrogen-bond acceptors (Lipinski definition) is 4. The Morgan fingerprint density at radius 3 is 2.18 bits per heavy atom. The Balaban J connectivity index is 2.31. The fraction of sp³-hybridized carbons (Fsp3) is 0.409. The third-order valence-electron chi connectivity index (χ3n) is 4.69. The van der Waals surface area contributed by atoms with E-state index in [0.717, 1.165) is 22.0 Å². The van der Waals surface area contributed by atoms with Crippen molar-refractivity contribution in [1.29, 1.82) is 0 Å². The van der Waals surface area contributed by atoms with E-state index in [0.29, 0.717) is 23.8 Å². The first kappa shape index (κ1) is 22.1. The van der Waals surface area contributed by atoms with E-state index in [9.17, 15) is 4.79 Å². The van der Waals surface area contributed by atoms with Crippen LogP contribution in [0.1, 0.15) is 37.4 Å². The second-order valence-corrected chi connectivity index (χ2v) is 7.35. The van der Waals surface area contributed by atoms with Crippen LogP contribution in [0.4, 0.5) is 0 Å². The number of methoxy groups -OCH3 is 3. The Bertz CT molecular complexity index is 784. The van der Waals surface area contributed by atoms with Gasteiger partial charge in [0.1, 0.15) is 0 Å². The quantitative estimate of drug-likeness (QED) is 0.539. The summed E-state index contributed by atoms with van der Waals surface area (Å²) < 4.78 is 17.2. The summed E-state index contributed by atoms with van der Waals surface area (Å²) in [5.41, 5.74) is 1.91. The number of carbonyl (C=O) groups excluding carboxylic acids is 1. The molecular weight excluding hydrogens is 422 g/mol. The van der Waals surface area contributed by atoms with E-state index < -0.39 is 0 Å². The Kier molecular flexibility index (Phi) is 8.18. The van der Waals surface area contributed by atoms with Crippen molar-refractivity contribution in [3.63, 3.8) is 0 Å². The first-order valence-electron chi connectivity index (χ1n) is 9.29. The van der Waals surface area contributed by atoms with Gasteiger partial charge < -0.3 is 19.1 Å². The number of nitrogens with zero attached hydrogens (tertiary/aromatic N) is 1. The molecule has 0 fully saturated rings. The lowest BCUT2D eigenvalue weighted by Gasteiger charge is -2.30. The fourth-order valence-electron chi connectivity index (χ4n) is 3.27. The normalized spacial score (nSPS) is 11.6. The Morgan fingerprint density at radius 2 is 1.68 bits per heavy atom. The molecule has 0 spiro atoms. The average Bonchev–Trinajstić information content (AvgIpc) is 2.70. The van der Waals surface area contributed by atoms with Gasteiger partial charge in [0.05, 0.1) is 33.8 Å². The molecule has 0 aliphatic rings. The maximum absolute atomic E-state index is 13.2. The zero-order chi connectivity index (χ0) is 20.7. The van der Waals surface area contributed by atoms with Crippen molar-refractivity contribution < 1.29 is 19.0 Å². The molecule has 0 aliphatic heterocycles. The molecule has 0 bridgehead atoms. The van der Waals surface area contributed by atoms with Gasteiger partial charge in [-0.2, -0.15) is 0 Å². The predicted molar refractivity (Wildman–Crippen MR) is 114 cm³/mol. The van der Waals surface area contributed by atoms with Crippen LogP contribution in [-0.4, -0.2) is 38.7 Å². The van der Waals surface area contributed by atoms with Crippen molar-refractivity contribution in [2.24, 2.45) is 0 Å². The van der Waals surface area contributed by atoms with Gasteiger partial charge in [0.25, 0.3) is 0 Å². The average molecular weight is 450 g/mol. The van der Waals surface area contributed by atoms with Crippen LogP contribution in [0.3, 0.4) is 0 Å². The summed E-state index contributed by atoms with van der Waals surface area (Å²) in [7, 11) is 4.70. The lowest BCUT2D eigenvalue weighted by Crippen LogP contribution is -2.35. The first-order chi connectivity index (χ1) is 13.5. The first-order valence-corrected chi connectivity index (χ1v) is 10.1. The van der Waals surface area contributed by atoms with Gasteiger partial charge in [0, 0.05) is 11.0 Å². The van der Waals surface area contributed by atoms with Gasteiger partial charge in [0.2, 0.25) is 11.7 Å². The molecule has 28 heavy (non-hydrogen) atoms. The maximum atomic E-state index is 13.2. The molecule has 152 valence electrons. The highest BCUT2D eigenvalue weighted by Gasteiger charge is 2.23. The van der Waals surface area contributed by atoms with Gasteiger partial charge >= 0.3 is 0 Å². The third kappa shape index (κ3) is 4.98. The molecule has 0 heterocycles. The highest BCUT2D eigenvalue weighted by molar-refractivity contribution is 9.10. The molecule has 2 rings (SSSR count). The lowest BCUT2D eigenvalue weighted by molar-refractivity contribution is -0.132. The fourth-order valence-corrected chi connectivity index (χ4v) is 3.89. The van der Waals surface area contributed by atoms with Gasteiger partial charge in [0.15, 0.2) is 11.5 Å². The number of amides is 1. The number of ether oxygens (including phenoxy) is 3. The van der Waals surface area contributed by atoms with Crippen molar-refractivity contribution in [3.05, 3.63) is 52.0 Å². The van der Waals surface area contributed by atoms with Crippen LogP contribution in [0, 0.1) is 0 Å². The molecule has 0 aliphatic carbocycles. The minimum atomic E-state index is -0.0370. The van der Waals surface area contributed by atoms with Crippen molar-refractivity contribution >= 4 is 21.8 Å². The van der Waals surface area contributed by atoms with Crippen molar-refractivity contribution in [2.45, 2.75) is 32.7 Å². The Morgan fingerprint density at radius 1 is 1.07 bits per heavy atom. The van der Waals surface area contributed by atoms with Crippen molar-refractivity contribution in [3.8, 4) is 17.2 Å². The topological polar surface area (TPSA) is 48.0 Å². The smallest absolute Gasteiger partial charge is 0.227 e. The summed E-state index contributed by atoms with van der Waals surface area (Å²) in [5, 5.41) is 0. The second-order valence-electron chi connectivity index (χ2n) is 6.49. The zero-order valence-corrected chi connectivity index (χ0v) is 18.7. The monoisotopic (exact) mass is 449 g/mol. The van der Waals surface area contributed by atoms with Crippen LogP contribution in [0.25, 0.3) is 0 Å². The molecule has 6 heteroatoms. The van der Waals surface area contributed by atoms with Crippen molar-refractivity contribution in [2.75, 3.05) is 27.9 Å². The van der Waals surface area contributed by atoms with E-state index in [4.69, 9.17) is 14.2 Å². The summed E-state index contributed by atoms with van der Waals surface area (Å²) in [4.78, 5) is 15.1. The SMILES string of the molecule is CCCN(C(=O)Cc1cc(OC)c(OC)c(OC)c1)C(C)c1ccccc1Br. The van der Waals surface area contributed by atoms with Gasteiger partial charge in [-0.25, -0.2) is 0 Å². The molecule has 2 aromatic rings. The van der Waals surface area contributed by atoms with E-state index in [1.54, 1.807) is 21.3 Å². The van der Waals surface area contributed by atoms with Crippen LogP contribution in [-0.2, 0) is 11.2 Å². The second kappa shape index (κ2) is 10.4. The molecule has 5 nitrogen and oxygen atoms in total. The van der Waals surface area contributed by atoms with E-state index in [1.807, 2.05) is 41.3 Å². The number of benzene rings is 2. The maximum Gasteiger partial charge on any atom is 0.227 e. The summed E-state index contributed by atoms with van der Waals surface area (Å²) in [6, 6.07) is 11.6. The van der Waals surface area contributed by atoms with Gasteiger partial charge in [-0.1, -0.05) is 41.1 Å². The third-order valence-corrected chi connectivity index (χ3v) is 5.41. The molecular formula is C22H28BrNO4. The number of carbonyl (C=O) groups is 1. The lowest BCUT2D eigenvalue weighted by atomic mass is 10.0. The summed E-state index contributed by atoms with van der Waals surface area (Å²) in [6.45, 7) is 4.82. The van der Waals surface area contributed by atoms with Gasteiger partial charge in [-0.3, -0.25) is 4.79 Å². The molecule has 1 amide bonds. The van der Waals surface area contributed by atoms with E-state index >= 15 is 0 Å². The molecule has 0 radical (unpaired) electrons. The molecule has 0 aromatic heterocycles. The molecule has 0 N–H and O–H groups in total. The molecule has 2 aromatic carbocycles. The number of halogens is 1. The highest BCUT2D eigenvalue weighted by Crippen LogP contribution is 2.38. The largest absolute Gasteiger partial charge is 0.493 e. The van der Waals surface area contributed by atoms with Crippen LogP contribution in [0.15, 0.2) is 40.9 Å². The summed E-state index contributed by atoms with van der Waals surface area (Å²) in [5.74, 6) is 1.67. The van der Waals surface area contributed by atoms with E-state index in [-0.39, 0.29) is 18.4 Å². The summed E-state index contributed by atoms with van der Waals surface area (Å²) >= 11 is 3.60. The van der Waals surface area contributed by atoms with Gasteiger partial charge in [-0.05, 0) is 42.7 Å². The molecule has 0 saturated carbocycles.